The number of carbonyl (C=O) groups excluding carboxylic acids is 1. The Morgan fingerprint density at radius 3 is 2.11 bits per heavy atom. The average Bonchev–Trinajstić information content (AvgIpc) is 2.72. The molecule has 1 N–H and O–H groups in total. The maximum absolute atomic E-state index is 12.8. The number of hydrogen-bond acceptors (Lipinski definition) is 6. The number of hydrogen-bond donors (Lipinski definition) is 1. The Morgan fingerprint density at radius 1 is 1.00 bits per heavy atom. The van der Waals surface area contributed by atoms with Gasteiger partial charge in [-0.05, 0) is 25.0 Å². The minimum Gasteiger partial charge on any atom is -0.493 e. The monoisotopic (exact) mass is 387 g/mol. The highest BCUT2D eigenvalue weighted by molar-refractivity contribution is 6.03. The molecule has 0 saturated heterocycles. The Balaban J connectivity index is 2.27. The molecule has 0 radical (unpaired) electrons. The van der Waals surface area contributed by atoms with Crippen LogP contribution < -0.4 is 24.4 Å². The first kappa shape index (κ1) is 21.3. The van der Waals surface area contributed by atoms with Crippen molar-refractivity contribution in [3.63, 3.8) is 0 Å². The van der Waals surface area contributed by atoms with Gasteiger partial charge in [-0.15, -0.1) is 0 Å². The third kappa shape index (κ3) is 5.06. The Bertz CT molecular complexity index is 764. The van der Waals surface area contributed by atoms with E-state index in [1.54, 1.807) is 18.3 Å². The molecule has 2 rings (SSSR count). The molecule has 0 aliphatic rings. The normalized spacial score (nSPS) is 10.3. The van der Waals surface area contributed by atoms with Crippen molar-refractivity contribution < 1.29 is 19.0 Å². The average molecular weight is 387 g/mol. The van der Waals surface area contributed by atoms with Crippen molar-refractivity contribution in [1.82, 2.24) is 4.98 Å². The highest BCUT2D eigenvalue weighted by Gasteiger charge is 2.16. The third-order valence-corrected chi connectivity index (χ3v) is 4.25. The van der Waals surface area contributed by atoms with Crippen LogP contribution in [0.15, 0.2) is 30.5 Å². The van der Waals surface area contributed by atoms with E-state index in [0.29, 0.717) is 28.6 Å². The van der Waals surface area contributed by atoms with E-state index in [1.165, 1.54) is 21.3 Å². The molecular weight excluding hydrogens is 358 g/mol. The molecule has 0 saturated carbocycles. The van der Waals surface area contributed by atoms with Crippen LogP contribution in [0.4, 0.5) is 11.4 Å². The number of rotatable bonds is 10. The van der Waals surface area contributed by atoms with Crippen LogP contribution in [0.2, 0.25) is 0 Å². The summed E-state index contributed by atoms with van der Waals surface area (Å²) in [4.78, 5) is 19.2. The van der Waals surface area contributed by atoms with Crippen molar-refractivity contribution in [2.75, 3.05) is 44.6 Å². The number of benzene rings is 1. The SMILES string of the molecule is CCCN(CCC)c1ccnc(C(=O)Nc2cc(OC)c(OC)c(OC)c2)c1. The Labute approximate surface area is 166 Å². The summed E-state index contributed by atoms with van der Waals surface area (Å²) in [6.45, 7) is 6.15. The lowest BCUT2D eigenvalue weighted by Gasteiger charge is -2.24. The van der Waals surface area contributed by atoms with Crippen LogP contribution in [-0.2, 0) is 0 Å². The molecule has 0 spiro atoms. The maximum atomic E-state index is 12.8. The summed E-state index contributed by atoms with van der Waals surface area (Å²) in [5, 5.41) is 2.85. The standard InChI is InChI=1S/C21H29N3O4/c1-6-10-24(11-7-2)16-8-9-22-17(14-16)21(25)23-15-12-18(26-3)20(28-5)19(13-15)27-4/h8-9,12-14H,6-7,10-11H2,1-5H3,(H,23,25). The van der Waals surface area contributed by atoms with Crippen LogP contribution in [0.3, 0.4) is 0 Å². The van der Waals surface area contributed by atoms with Gasteiger partial charge in [0.05, 0.1) is 21.3 Å². The van der Waals surface area contributed by atoms with Crippen LogP contribution in [0.5, 0.6) is 17.2 Å². The molecule has 0 aliphatic carbocycles. The third-order valence-electron chi connectivity index (χ3n) is 4.25. The molecular formula is C21H29N3O4. The predicted molar refractivity (Wildman–Crippen MR) is 111 cm³/mol. The van der Waals surface area contributed by atoms with Crippen molar-refractivity contribution >= 4 is 17.3 Å². The molecule has 0 unspecified atom stereocenters. The maximum Gasteiger partial charge on any atom is 0.274 e. The largest absolute Gasteiger partial charge is 0.493 e. The zero-order chi connectivity index (χ0) is 20.5. The minimum atomic E-state index is -0.302. The van der Waals surface area contributed by atoms with Gasteiger partial charge in [-0.25, -0.2) is 0 Å². The van der Waals surface area contributed by atoms with Crippen LogP contribution in [-0.4, -0.2) is 45.3 Å². The van der Waals surface area contributed by atoms with Crippen molar-refractivity contribution in [2.45, 2.75) is 26.7 Å². The van der Waals surface area contributed by atoms with E-state index in [-0.39, 0.29) is 5.91 Å². The number of nitrogens with one attached hydrogen (secondary N) is 1. The number of anilines is 2. The number of nitrogens with zero attached hydrogens (tertiary/aromatic N) is 2. The lowest BCUT2D eigenvalue weighted by molar-refractivity contribution is 0.102. The van der Waals surface area contributed by atoms with Crippen molar-refractivity contribution in [2.24, 2.45) is 0 Å². The van der Waals surface area contributed by atoms with E-state index < -0.39 is 0 Å². The van der Waals surface area contributed by atoms with Gasteiger partial charge < -0.3 is 24.4 Å². The fourth-order valence-corrected chi connectivity index (χ4v) is 3.00. The summed E-state index contributed by atoms with van der Waals surface area (Å²) in [5.41, 5.74) is 1.88. The lowest BCUT2D eigenvalue weighted by atomic mass is 10.2. The van der Waals surface area contributed by atoms with Gasteiger partial charge in [0, 0.05) is 42.8 Å². The zero-order valence-corrected chi connectivity index (χ0v) is 17.2. The van der Waals surface area contributed by atoms with Crippen molar-refractivity contribution in [3.05, 3.63) is 36.2 Å². The van der Waals surface area contributed by atoms with E-state index >= 15 is 0 Å². The highest BCUT2D eigenvalue weighted by atomic mass is 16.5. The van der Waals surface area contributed by atoms with Gasteiger partial charge in [0.25, 0.3) is 5.91 Å². The number of pyridine rings is 1. The molecule has 0 bridgehead atoms. The highest BCUT2D eigenvalue weighted by Crippen LogP contribution is 2.40. The summed E-state index contributed by atoms with van der Waals surface area (Å²) in [7, 11) is 4.60. The quantitative estimate of drug-likeness (QED) is 0.665. The lowest BCUT2D eigenvalue weighted by Crippen LogP contribution is -2.25. The van der Waals surface area contributed by atoms with Gasteiger partial charge in [0.2, 0.25) is 5.75 Å². The van der Waals surface area contributed by atoms with Crippen molar-refractivity contribution in [3.8, 4) is 17.2 Å². The Kier molecular flexibility index (Phi) is 7.92. The van der Waals surface area contributed by atoms with Crippen LogP contribution >= 0.6 is 0 Å². The first-order valence-electron chi connectivity index (χ1n) is 9.40. The molecule has 28 heavy (non-hydrogen) atoms. The molecule has 7 nitrogen and oxygen atoms in total. The number of ether oxygens (including phenoxy) is 3. The molecule has 1 aromatic heterocycles. The first-order chi connectivity index (χ1) is 13.6. The number of amides is 1. The van der Waals surface area contributed by atoms with Gasteiger partial charge >= 0.3 is 0 Å². The molecule has 1 amide bonds. The van der Waals surface area contributed by atoms with E-state index in [2.05, 4.69) is 29.0 Å². The van der Waals surface area contributed by atoms with Crippen LogP contribution in [0, 0.1) is 0 Å². The fourth-order valence-electron chi connectivity index (χ4n) is 3.00. The van der Waals surface area contributed by atoms with Crippen LogP contribution in [0.1, 0.15) is 37.2 Å². The molecule has 152 valence electrons. The second kappa shape index (κ2) is 10.4. The smallest absolute Gasteiger partial charge is 0.274 e. The van der Waals surface area contributed by atoms with Crippen LogP contribution in [0.25, 0.3) is 0 Å². The van der Waals surface area contributed by atoms with Gasteiger partial charge in [-0.2, -0.15) is 0 Å². The topological polar surface area (TPSA) is 72.9 Å². The van der Waals surface area contributed by atoms with E-state index in [4.69, 9.17) is 14.2 Å². The van der Waals surface area contributed by atoms with E-state index in [0.717, 1.165) is 31.6 Å². The van der Waals surface area contributed by atoms with Gasteiger partial charge in [0.1, 0.15) is 5.69 Å². The van der Waals surface area contributed by atoms with E-state index in [1.807, 2.05) is 12.1 Å². The number of methoxy groups -OCH3 is 3. The molecule has 1 aromatic carbocycles. The second-order valence-electron chi connectivity index (χ2n) is 6.25. The van der Waals surface area contributed by atoms with Gasteiger partial charge in [0.15, 0.2) is 11.5 Å². The van der Waals surface area contributed by atoms with Crippen molar-refractivity contribution in [1.29, 1.82) is 0 Å². The Hall–Kier alpha value is -2.96. The molecule has 0 fully saturated rings. The minimum absolute atomic E-state index is 0.302. The summed E-state index contributed by atoms with van der Waals surface area (Å²) in [6.07, 6.45) is 3.74. The molecule has 0 atom stereocenters. The molecule has 0 aliphatic heterocycles. The Morgan fingerprint density at radius 2 is 1.61 bits per heavy atom. The number of carbonyl (C=O) groups is 1. The molecule has 2 aromatic rings. The zero-order valence-electron chi connectivity index (χ0n) is 17.2. The fraction of sp³-hybridized carbons (Fsp3) is 0.429. The van der Waals surface area contributed by atoms with E-state index in [9.17, 15) is 4.79 Å². The summed E-state index contributed by atoms with van der Waals surface area (Å²) in [5.74, 6) is 1.11. The molecule has 1 heterocycles. The van der Waals surface area contributed by atoms with Gasteiger partial charge in [-0.3, -0.25) is 9.78 Å². The molecule has 7 heteroatoms. The van der Waals surface area contributed by atoms with Gasteiger partial charge in [-0.1, -0.05) is 13.8 Å². The predicted octanol–water partition coefficient (Wildman–Crippen LogP) is 3.99. The second-order valence-corrected chi connectivity index (χ2v) is 6.25. The first-order valence-corrected chi connectivity index (χ1v) is 9.40. The summed E-state index contributed by atoms with van der Waals surface area (Å²) < 4.78 is 16.0. The summed E-state index contributed by atoms with van der Waals surface area (Å²) >= 11 is 0. The summed E-state index contributed by atoms with van der Waals surface area (Å²) in [6, 6.07) is 7.12. The number of aromatic nitrogens is 1.